The second-order valence-corrected chi connectivity index (χ2v) is 4.34. The van der Waals surface area contributed by atoms with E-state index in [1.54, 1.807) is 14.2 Å². The number of ether oxygens (including phenoxy) is 2. The fourth-order valence-electron chi connectivity index (χ4n) is 1.76. The molecule has 0 heterocycles. The molecule has 0 fully saturated rings. The Morgan fingerprint density at radius 2 is 2.17 bits per heavy atom. The summed E-state index contributed by atoms with van der Waals surface area (Å²) in [6.45, 7) is 4.51. The van der Waals surface area contributed by atoms with Crippen LogP contribution < -0.4 is 10.1 Å². The molecule has 0 radical (unpaired) electrons. The predicted octanol–water partition coefficient (Wildman–Crippen LogP) is 1.94. The van der Waals surface area contributed by atoms with Crippen LogP contribution in [-0.2, 0) is 11.3 Å². The van der Waals surface area contributed by atoms with Crippen molar-refractivity contribution in [1.82, 2.24) is 5.32 Å². The van der Waals surface area contributed by atoms with Crippen molar-refractivity contribution in [3.8, 4) is 11.8 Å². The van der Waals surface area contributed by atoms with Crippen molar-refractivity contribution in [2.75, 3.05) is 27.4 Å². The molecule has 0 bridgehead atoms. The number of rotatable bonds is 7. The van der Waals surface area contributed by atoms with Gasteiger partial charge < -0.3 is 14.8 Å². The van der Waals surface area contributed by atoms with Crippen LogP contribution in [0.15, 0.2) is 18.2 Å². The second kappa shape index (κ2) is 7.70. The highest BCUT2D eigenvalue weighted by molar-refractivity contribution is 5.45. The summed E-state index contributed by atoms with van der Waals surface area (Å²) in [5.41, 5.74) is 1.65. The van der Waals surface area contributed by atoms with E-state index in [0.717, 1.165) is 25.3 Å². The van der Waals surface area contributed by atoms with Crippen molar-refractivity contribution < 1.29 is 9.47 Å². The van der Waals surface area contributed by atoms with Crippen LogP contribution in [0.3, 0.4) is 0 Å². The van der Waals surface area contributed by atoms with Gasteiger partial charge in [-0.3, -0.25) is 0 Å². The largest absolute Gasteiger partial charge is 0.495 e. The molecule has 18 heavy (non-hydrogen) atoms. The van der Waals surface area contributed by atoms with E-state index in [4.69, 9.17) is 14.7 Å². The molecule has 1 N–H and O–H groups in total. The van der Waals surface area contributed by atoms with Crippen LogP contribution in [0.5, 0.6) is 5.75 Å². The first-order valence-corrected chi connectivity index (χ1v) is 5.98. The van der Waals surface area contributed by atoms with Crippen LogP contribution in [0, 0.1) is 17.2 Å². The third-order valence-corrected chi connectivity index (χ3v) is 2.66. The summed E-state index contributed by atoms with van der Waals surface area (Å²) in [4.78, 5) is 0. The summed E-state index contributed by atoms with van der Waals surface area (Å²) in [5.74, 6) is 1.10. The van der Waals surface area contributed by atoms with E-state index < -0.39 is 0 Å². The SMILES string of the molecule is COCC(C)CNCc1ccc(OC)c(C#N)c1. The molecule has 0 aromatic heterocycles. The van der Waals surface area contributed by atoms with Crippen LogP contribution in [0.2, 0.25) is 0 Å². The van der Waals surface area contributed by atoms with E-state index in [-0.39, 0.29) is 0 Å². The van der Waals surface area contributed by atoms with Gasteiger partial charge in [0.25, 0.3) is 0 Å². The second-order valence-electron chi connectivity index (χ2n) is 4.34. The fraction of sp³-hybridized carbons (Fsp3) is 0.500. The molecule has 98 valence electrons. The molecule has 0 saturated heterocycles. The van der Waals surface area contributed by atoms with Gasteiger partial charge in [-0.2, -0.15) is 5.26 Å². The molecule has 0 aliphatic carbocycles. The van der Waals surface area contributed by atoms with E-state index in [2.05, 4.69) is 18.3 Å². The van der Waals surface area contributed by atoms with E-state index >= 15 is 0 Å². The first-order chi connectivity index (χ1) is 8.71. The summed E-state index contributed by atoms with van der Waals surface area (Å²) in [6, 6.07) is 7.78. The molecule has 1 rings (SSSR count). The van der Waals surface area contributed by atoms with Crippen molar-refractivity contribution in [3.05, 3.63) is 29.3 Å². The molecular weight excluding hydrogens is 228 g/mol. The molecule has 4 heteroatoms. The Labute approximate surface area is 109 Å². The van der Waals surface area contributed by atoms with Crippen molar-refractivity contribution in [1.29, 1.82) is 5.26 Å². The standard InChI is InChI=1S/C14H20N2O2/c1-11(10-17-2)8-16-9-12-4-5-14(18-3)13(6-12)7-15/h4-6,11,16H,8-10H2,1-3H3. The first-order valence-electron chi connectivity index (χ1n) is 5.98. The van der Waals surface area contributed by atoms with Crippen molar-refractivity contribution >= 4 is 0 Å². The summed E-state index contributed by atoms with van der Waals surface area (Å²) in [7, 11) is 3.28. The lowest BCUT2D eigenvalue weighted by molar-refractivity contribution is 0.158. The Hall–Kier alpha value is -1.57. The number of nitrogens with zero attached hydrogens (tertiary/aromatic N) is 1. The van der Waals surface area contributed by atoms with E-state index in [0.29, 0.717) is 17.2 Å². The maximum atomic E-state index is 8.99. The molecule has 0 aliphatic heterocycles. The van der Waals surface area contributed by atoms with Crippen LogP contribution >= 0.6 is 0 Å². The monoisotopic (exact) mass is 248 g/mol. The zero-order chi connectivity index (χ0) is 13.4. The molecule has 0 saturated carbocycles. The van der Waals surface area contributed by atoms with Crippen molar-refractivity contribution in [2.24, 2.45) is 5.92 Å². The molecular formula is C14H20N2O2. The molecule has 1 unspecified atom stereocenters. The van der Waals surface area contributed by atoms with Gasteiger partial charge in [-0.1, -0.05) is 13.0 Å². The third-order valence-electron chi connectivity index (χ3n) is 2.66. The summed E-state index contributed by atoms with van der Waals surface area (Å²) in [6.07, 6.45) is 0. The third kappa shape index (κ3) is 4.36. The number of hydrogen-bond donors (Lipinski definition) is 1. The maximum absolute atomic E-state index is 8.99. The molecule has 1 atom stereocenters. The average Bonchev–Trinajstić information content (AvgIpc) is 2.38. The van der Waals surface area contributed by atoms with Crippen molar-refractivity contribution in [2.45, 2.75) is 13.5 Å². The normalized spacial score (nSPS) is 11.9. The number of hydrogen-bond acceptors (Lipinski definition) is 4. The van der Waals surface area contributed by atoms with Crippen LogP contribution in [0.4, 0.5) is 0 Å². The zero-order valence-corrected chi connectivity index (χ0v) is 11.2. The Morgan fingerprint density at radius 1 is 1.39 bits per heavy atom. The lowest BCUT2D eigenvalue weighted by atomic mass is 10.1. The fourth-order valence-corrected chi connectivity index (χ4v) is 1.76. The van der Waals surface area contributed by atoms with Gasteiger partial charge in [0, 0.05) is 26.8 Å². The molecule has 1 aromatic rings. The molecule has 0 aliphatic rings. The number of nitrogens with one attached hydrogen (secondary N) is 1. The lowest BCUT2D eigenvalue weighted by Gasteiger charge is -2.12. The Kier molecular flexibility index (Phi) is 6.20. The van der Waals surface area contributed by atoms with Crippen LogP contribution in [-0.4, -0.2) is 27.4 Å². The number of nitriles is 1. The van der Waals surface area contributed by atoms with E-state index in [9.17, 15) is 0 Å². The quantitative estimate of drug-likeness (QED) is 0.801. The van der Waals surface area contributed by atoms with Gasteiger partial charge in [-0.05, 0) is 23.6 Å². The van der Waals surface area contributed by atoms with Gasteiger partial charge in [-0.25, -0.2) is 0 Å². The Bertz CT molecular complexity index is 413. The first kappa shape index (κ1) is 14.5. The van der Waals surface area contributed by atoms with Gasteiger partial charge >= 0.3 is 0 Å². The molecule has 1 aromatic carbocycles. The minimum absolute atomic E-state index is 0.476. The predicted molar refractivity (Wildman–Crippen MR) is 70.5 cm³/mol. The average molecular weight is 248 g/mol. The van der Waals surface area contributed by atoms with Crippen LogP contribution in [0.25, 0.3) is 0 Å². The number of methoxy groups -OCH3 is 2. The van der Waals surface area contributed by atoms with Gasteiger partial charge in [-0.15, -0.1) is 0 Å². The summed E-state index contributed by atoms with van der Waals surface area (Å²) >= 11 is 0. The topological polar surface area (TPSA) is 54.3 Å². The highest BCUT2D eigenvalue weighted by Crippen LogP contribution is 2.18. The smallest absolute Gasteiger partial charge is 0.136 e. The lowest BCUT2D eigenvalue weighted by Crippen LogP contribution is -2.23. The molecule has 4 nitrogen and oxygen atoms in total. The van der Waals surface area contributed by atoms with E-state index in [1.807, 2.05) is 18.2 Å². The Morgan fingerprint density at radius 3 is 2.78 bits per heavy atom. The van der Waals surface area contributed by atoms with E-state index in [1.165, 1.54) is 0 Å². The Balaban J connectivity index is 2.51. The highest BCUT2D eigenvalue weighted by Gasteiger charge is 2.04. The van der Waals surface area contributed by atoms with Gasteiger partial charge in [0.15, 0.2) is 0 Å². The molecule has 0 spiro atoms. The van der Waals surface area contributed by atoms with Crippen molar-refractivity contribution in [3.63, 3.8) is 0 Å². The van der Waals surface area contributed by atoms with Gasteiger partial charge in [0.05, 0.1) is 12.7 Å². The zero-order valence-electron chi connectivity index (χ0n) is 11.2. The highest BCUT2D eigenvalue weighted by atomic mass is 16.5. The molecule has 0 amide bonds. The number of benzene rings is 1. The summed E-state index contributed by atoms with van der Waals surface area (Å²) < 4.78 is 10.2. The maximum Gasteiger partial charge on any atom is 0.136 e. The summed E-state index contributed by atoms with van der Waals surface area (Å²) in [5, 5.41) is 12.3. The minimum atomic E-state index is 0.476. The van der Waals surface area contributed by atoms with Gasteiger partial charge in [0.1, 0.15) is 11.8 Å². The van der Waals surface area contributed by atoms with Crippen LogP contribution in [0.1, 0.15) is 18.1 Å². The minimum Gasteiger partial charge on any atom is -0.495 e. The van der Waals surface area contributed by atoms with Gasteiger partial charge in [0.2, 0.25) is 0 Å².